The number of fused-ring (bicyclic) bond motifs is 2. The van der Waals surface area contributed by atoms with E-state index in [1.54, 1.807) is 0 Å². The van der Waals surface area contributed by atoms with E-state index in [0.29, 0.717) is 5.92 Å². The summed E-state index contributed by atoms with van der Waals surface area (Å²) in [6, 6.07) is 0. The highest BCUT2D eigenvalue weighted by Gasteiger charge is 2.73. The Kier molecular flexibility index (Phi) is 2.66. The van der Waals surface area contributed by atoms with Crippen LogP contribution in [0.15, 0.2) is 23.3 Å². The van der Waals surface area contributed by atoms with Gasteiger partial charge >= 0.3 is 0 Å². The number of rotatable bonds is 1. The predicted octanol–water partition coefficient (Wildman–Crippen LogP) is 2.79. The van der Waals surface area contributed by atoms with Gasteiger partial charge in [0.25, 0.3) is 0 Å². The largest absolute Gasteiger partial charge is 0.393 e. The lowest BCUT2D eigenvalue weighted by Gasteiger charge is -2.49. The quantitative estimate of drug-likeness (QED) is 0.755. The number of allylic oxidation sites excluding steroid dienone is 2. The van der Waals surface area contributed by atoms with Crippen LogP contribution in [0.2, 0.25) is 0 Å². The number of aliphatic hydroxyl groups excluding tert-OH is 1. The number of carbonyl (C=O) groups is 1. The summed E-state index contributed by atoms with van der Waals surface area (Å²) in [7, 11) is 0. The fourth-order valence-electron chi connectivity index (χ4n) is 4.97. The minimum Gasteiger partial charge on any atom is -0.393 e. The third-order valence-electron chi connectivity index (χ3n) is 6.34. The molecule has 1 N–H and O–H groups in total. The van der Waals surface area contributed by atoms with Crippen molar-refractivity contribution in [3.05, 3.63) is 23.3 Å². The second-order valence-corrected chi connectivity index (χ2v) is 7.81. The summed E-state index contributed by atoms with van der Waals surface area (Å²) in [4.78, 5) is 13.0. The maximum absolute atomic E-state index is 13.0. The lowest BCUT2D eigenvalue weighted by Crippen LogP contribution is -2.50. The monoisotopic (exact) mass is 288 g/mol. The standard InChI is InChI=1S/C18H24O3/c1-10(2)13-4-5-14-17(3)7-6-12(19)8-11(17)9-15-18(14,21-15)16(13)20/h4-5,10-12,15,19H,6-9H2,1-3H3. The number of hydrogen-bond acceptors (Lipinski definition) is 3. The fourth-order valence-corrected chi connectivity index (χ4v) is 4.97. The molecule has 3 nitrogen and oxygen atoms in total. The fraction of sp³-hybridized carbons (Fsp3) is 0.722. The normalized spacial score (nSPS) is 48.0. The van der Waals surface area contributed by atoms with Gasteiger partial charge < -0.3 is 9.84 Å². The number of Topliss-reactive ketones (excluding diaryl/α,β-unsaturated/α-hetero) is 1. The van der Waals surface area contributed by atoms with E-state index in [2.05, 4.69) is 26.8 Å². The molecule has 0 aromatic heterocycles. The van der Waals surface area contributed by atoms with Crippen molar-refractivity contribution in [1.29, 1.82) is 0 Å². The molecule has 3 aliphatic carbocycles. The van der Waals surface area contributed by atoms with Crippen molar-refractivity contribution in [3.63, 3.8) is 0 Å². The molecule has 3 fully saturated rings. The lowest BCUT2D eigenvalue weighted by molar-refractivity contribution is -0.121. The molecule has 1 saturated heterocycles. The van der Waals surface area contributed by atoms with E-state index in [1.165, 1.54) is 5.57 Å². The van der Waals surface area contributed by atoms with Crippen LogP contribution >= 0.6 is 0 Å². The Hall–Kier alpha value is -0.930. The van der Waals surface area contributed by atoms with Crippen LogP contribution in [0, 0.1) is 17.3 Å². The van der Waals surface area contributed by atoms with Gasteiger partial charge in [0, 0.05) is 5.57 Å². The van der Waals surface area contributed by atoms with E-state index in [-0.39, 0.29) is 29.3 Å². The van der Waals surface area contributed by atoms with Gasteiger partial charge in [0.15, 0.2) is 11.4 Å². The van der Waals surface area contributed by atoms with Gasteiger partial charge in [-0.15, -0.1) is 0 Å². The summed E-state index contributed by atoms with van der Waals surface area (Å²) < 4.78 is 6.01. The molecule has 5 atom stereocenters. The molecular weight excluding hydrogens is 264 g/mol. The molecule has 1 heterocycles. The zero-order valence-electron chi connectivity index (χ0n) is 13.1. The SMILES string of the molecule is CC(C)C1=CC=C2C3(C)CCC(O)CC3CC3OC23C1=O. The summed E-state index contributed by atoms with van der Waals surface area (Å²) in [6.07, 6.45) is 7.60. The second kappa shape index (κ2) is 4.08. The van der Waals surface area contributed by atoms with Gasteiger partial charge in [-0.2, -0.15) is 0 Å². The van der Waals surface area contributed by atoms with E-state index in [4.69, 9.17) is 4.74 Å². The van der Waals surface area contributed by atoms with Crippen molar-refractivity contribution in [1.82, 2.24) is 0 Å². The molecule has 4 rings (SSSR count). The zero-order chi connectivity index (χ0) is 15.0. The van der Waals surface area contributed by atoms with Crippen LogP contribution < -0.4 is 0 Å². The highest BCUT2D eigenvalue weighted by atomic mass is 16.6. The van der Waals surface area contributed by atoms with Gasteiger partial charge in [0.05, 0.1) is 6.10 Å². The number of carbonyl (C=O) groups excluding carboxylic acids is 1. The van der Waals surface area contributed by atoms with E-state index in [9.17, 15) is 9.90 Å². The first-order valence-electron chi connectivity index (χ1n) is 8.23. The molecule has 1 aliphatic heterocycles. The average molecular weight is 288 g/mol. The molecule has 1 spiro atoms. The van der Waals surface area contributed by atoms with Crippen LogP contribution in [0.4, 0.5) is 0 Å². The Bertz CT molecular complexity index is 573. The van der Waals surface area contributed by atoms with Crippen molar-refractivity contribution in [2.24, 2.45) is 17.3 Å². The van der Waals surface area contributed by atoms with Gasteiger partial charge in [0.1, 0.15) is 6.10 Å². The molecule has 0 radical (unpaired) electrons. The molecule has 21 heavy (non-hydrogen) atoms. The van der Waals surface area contributed by atoms with E-state index >= 15 is 0 Å². The molecule has 4 aliphatic rings. The average Bonchev–Trinajstić information content (AvgIpc) is 3.12. The first kappa shape index (κ1) is 13.7. The highest BCUT2D eigenvalue weighted by Crippen LogP contribution is 2.65. The number of epoxide rings is 1. The molecular formula is C18H24O3. The maximum Gasteiger partial charge on any atom is 0.197 e. The number of hydrogen-bond donors (Lipinski definition) is 1. The molecule has 0 bridgehead atoms. The zero-order valence-corrected chi connectivity index (χ0v) is 13.1. The van der Waals surface area contributed by atoms with Crippen LogP contribution in [-0.2, 0) is 9.53 Å². The first-order valence-corrected chi connectivity index (χ1v) is 8.23. The van der Waals surface area contributed by atoms with Crippen molar-refractivity contribution in [2.45, 2.75) is 64.3 Å². The van der Waals surface area contributed by atoms with Gasteiger partial charge in [-0.05, 0) is 48.5 Å². The van der Waals surface area contributed by atoms with Crippen molar-refractivity contribution < 1.29 is 14.6 Å². The van der Waals surface area contributed by atoms with Crippen LogP contribution in [0.25, 0.3) is 0 Å². The van der Waals surface area contributed by atoms with Crippen LogP contribution in [0.1, 0.15) is 46.5 Å². The Labute approximate surface area is 126 Å². The van der Waals surface area contributed by atoms with Crippen molar-refractivity contribution in [3.8, 4) is 0 Å². The molecule has 0 aromatic carbocycles. The van der Waals surface area contributed by atoms with E-state index < -0.39 is 5.60 Å². The second-order valence-electron chi connectivity index (χ2n) is 7.81. The molecule has 0 amide bonds. The van der Waals surface area contributed by atoms with Gasteiger partial charge in [0.2, 0.25) is 0 Å². The Morgan fingerprint density at radius 2 is 2.10 bits per heavy atom. The predicted molar refractivity (Wildman–Crippen MR) is 79.7 cm³/mol. The van der Waals surface area contributed by atoms with Gasteiger partial charge in [-0.1, -0.05) is 32.9 Å². The van der Waals surface area contributed by atoms with Crippen molar-refractivity contribution >= 4 is 5.78 Å². The van der Waals surface area contributed by atoms with Gasteiger partial charge in [-0.25, -0.2) is 0 Å². The van der Waals surface area contributed by atoms with E-state index in [0.717, 1.165) is 31.3 Å². The smallest absolute Gasteiger partial charge is 0.197 e. The summed E-state index contributed by atoms with van der Waals surface area (Å²) >= 11 is 0. The first-order chi connectivity index (χ1) is 9.89. The molecule has 114 valence electrons. The van der Waals surface area contributed by atoms with Crippen LogP contribution in [-0.4, -0.2) is 28.7 Å². The lowest BCUT2D eigenvalue weighted by atomic mass is 9.53. The molecule has 0 aromatic rings. The van der Waals surface area contributed by atoms with Gasteiger partial charge in [-0.3, -0.25) is 4.79 Å². The number of ketones is 1. The molecule has 2 saturated carbocycles. The summed E-state index contributed by atoms with van der Waals surface area (Å²) in [5.41, 5.74) is 1.47. The number of ether oxygens (including phenoxy) is 1. The van der Waals surface area contributed by atoms with Crippen LogP contribution in [0.3, 0.4) is 0 Å². The Morgan fingerprint density at radius 1 is 1.33 bits per heavy atom. The summed E-state index contributed by atoms with van der Waals surface area (Å²) in [6.45, 7) is 6.42. The maximum atomic E-state index is 13.0. The molecule has 3 heteroatoms. The minimum atomic E-state index is -0.637. The summed E-state index contributed by atoms with van der Waals surface area (Å²) in [5.74, 6) is 0.883. The van der Waals surface area contributed by atoms with E-state index in [1.807, 2.05) is 6.08 Å². The Balaban J connectivity index is 1.80. The minimum absolute atomic E-state index is 0.0148. The Morgan fingerprint density at radius 3 is 2.81 bits per heavy atom. The highest BCUT2D eigenvalue weighted by molar-refractivity contribution is 6.09. The summed E-state index contributed by atoms with van der Waals surface area (Å²) in [5, 5.41) is 9.98. The third-order valence-corrected chi connectivity index (χ3v) is 6.34. The number of aliphatic hydroxyl groups is 1. The third kappa shape index (κ3) is 1.59. The topological polar surface area (TPSA) is 49.8 Å². The van der Waals surface area contributed by atoms with Crippen molar-refractivity contribution in [2.75, 3.05) is 0 Å². The molecule has 5 unspecified atom stereocenters. The van der Waals surface area contributed by atoms with Crippen LogP contribution in [0.5, 0.6) is 0 Å².